The molecule has 0 bridgehead atoms. The van der Waals surface area contributed by atoms with Crippen LogP contribution in [0.1, 0.15) is 46.0 Å². The molecule has 1 heterocycles. The lowest BCUT2D eigenvalue weighted by Gasteiger charge is -2.18. The Balaban J connectivity index is 2.06. The number of thioether (sulfide) groups is 1. The number of unbranched alkanes of at least 4 members (excludes halogenated alkanes) is 1. The van der Waals surface area contributed by atoms with Crippen molar-refractivity contribution in [3.05, 3.63) is 0 Å². The lowest BCUT2D eigenvalue weighted by atomic mass is 9.99. The highest BCUT2D eigenvalue weighted by Crippen LogP contribution is 2.18. The Kier molecular flexibility index (Phi) is 6.70. The smallest absolute Gasteiger partial charge is 0.0166 e. The Labute approximate surface area is 93.4 Å². The van der Waals surface area contributed by atoms with Crippen LogP contribution in [0.2, 0.25) is 0 Å². The summed E-state index contributed by atoms with van der Waals surface area (Å²) in [6, 6.07) is 0.815. The number of rotatable bonds is 7. The molecule has 2 heteroatoms. The average molecular weight is 215 g/mol. The van der Waals surface area contributed by atoms with Crippen molar-refractivity contribution in [2.75, 3.05) is 18.1 Å². The summed E-state index contributed by atoms with van der Waals surface area (Å²) in [5.41, 5.74) is 0. The van der Waals surface area contributed by atoms with E-state index in [4.69, 9.17) is 0 Å². The number of nitrogens with one attached hydrogen (secondary N) is 1. The molecular weight excluding hydrogens is 190 g/mol. The van der Waals surface area contributed by atoms with Gasteiger partial charge in [0.15, 0.2) is 0 Å². The summed E-state index contributed by atoms with van der Waals surface area (Å²) in [4.78, 5) is 0. The Morgan fingerprint density at radius 3 is 2.86 bits per heavy atom. The zero-order valence-corrected chi connectivity index (χ0v) is 10.5. The summed E-state index contributed by atoms with van der Waals surface area (Å²) >= 11 is 2.10. The molecule has 0 spiro atoms. The van der Waals surface area contributed by atoms with Gasteiger partial charge in [-0.2, -0.15) is 11.8 Å². The maximum absolute atomic E-state index is 3.72. The van der Waals surface area contributed by atoms with Crippen LogP contribution in [0.3, 0.4) is 0 Å². The molecule has 1 saturated heterocycles. The van der Waals surface area contributed by atoms with Crippen LogP contribution in [0.4, 0.5) is 0 Å². The molecule has 0 saturated carbocycles. The minimum atomic E-state index is 0.815. The fourth-order valence-corrected chi connectivity index (χ4v) is 3.16. The summed E-state index contributed by atoms with van der Waals surface area (Å²) < 4.78 is 0. The van der Waals surface area contributed by atoms with E-state index in [9.17, 15) is 0 Å². The minimum Gasteiger partial charge on any atom is -0.313 e. The zero-order chi connectivity index (χ0) is 10.2. The van der Waals surface area contributed by atoms with Crippen LogP contribution < -0.4 is 5.32 Å². The molecule has 1 fully saturated rings. The van der Waals surface area contributed by atoms with Crippen LogP contribution in [-0.4, -0.2) is 24.1 Å². The quantitative estimate of drug-likeness (QED) is 0.699. The maximum atomic E-state index is 3.72. The first-order valence-corrected chi connectivity index (χ1v) is 7.33. The molecule has 0 aromatic heterocycles. The topological polar surface area (TPSA) is 12.0 Å². The van der Waals surface area contributed by atoms with Gasteiger partial charge in [0, 0.05) is 11.8 Å². The molecule has 1 rings (SSSR count). The van der Waals surface area contributed by atoms with Crippen LogP contribution in [0, 0.1) is 5.92 Å². The van der Waals surface area contributed by atoms with Crippen molar-refractivity contribution in [3.8, 4) is 0 Å². The second-order valence-electron chi connectivity index (χ2n) is 4.39. The van der Waals surface area contributed by atoms with Gasteiger partial charge in [0.25, 0.3) is 0 Å². The fourth-order valence-electron chi connectivity index (χ4n) is 1.97. The van der Waals surface area contributed by atoms with E-state index >= 15 is 0 Å². The summed E-state index contributed by atoms with van der Waals surface area (Å²) in [5, 5.41) is 3.72. The van der Waals surface area contributed by atoms with Gasteiger partial charge in [-0.05, 0) is 31.1 Å². The largest absolute Gasteiger partial charge is 0.313 e. The highest BCUT2D eigenvalue weighted by atomic mass is 32.2. The average Bonchev–Trinajstić information content (AvgIpc) is 2.71. The van der Waals surface area contributed by atoms with Gasteiger partial charge in [-0.3, -0.25) is 0 Å². The van der Waals surface area contributed by atoms with Gasteiger partial charge >= 0.3 is 0 Å². The van der Waals surface area contributed by atoms with Gasteiger partial charge in [0.05, 0.1) is 0 Å². The highest BCUT2D eigenvalue weighted by Gasteiger charge is 2.15. The molecular formula is C12H25NS. The van der Waals surface area contributed by atoms with Gasteiger partial charge in [-0.1, -0.05) is 33.1 Å². The lowest BCUT2D eigenvalue weighted by Crippen LogP contribution is -2.33. The summed E-state index contributed by atoms with van der Waals surface area (Å²) in [5.74, 6) is 3.62. The third-order valence-corrected chi connectivity index (χ3v) is 4.33. The standard InChI is InChI=1S/C12H25NS/c1-3-5-6-11(4-2)9-13-12-7-8-14-10-12/h11-13H,3-10H2,1-2H3. The molecule has 0 amide bonds. The minimum absolute atomic E-state index is 0.815. The molecule has 1 aliphatic heterocycles. The first kappa shape index (κ1) is 12.4. The molecule has 2 unspecified atom stereocenters. The van der Waals surface area contributed by atoms with E-state index < -0.39 is 0 Å². The second kappa shape index (κ2) is 7.58. The van der Waals surface area contributed by atoms with Crippen LogP contribution in [0.5, 0.6) is 0 Å². The van der Waals surface area contributed by atoms with E-state index in [0.29, 0.717) is 0 Å². The summed E-state index contributed by atoms with van der Waals surface area (Å²) in [7, 11) is 0. The molecule has 2 atom stereocenters. The van der Waals surface area contributed by atoms with Crippen molar-refractivity contribution < 1.29 is 0 Å². The van der Waals surface area contributed by atoms with Crippen LogP contribution in [0.25, 0.3) is 0 Å². The molecule has 1 N–H and O–H groups in total. The van der Waals surface area contributed by atoms with Crippen LogP contribution >= 0.6 is 11.8 Å². The lowest BCUT2D eigenvalue weighted by molar-refractivity contribution is 0.397. The molecule has 0 aromatic carbocycles. The Morgan fingerprint density at radius 2 is 2.29 bits per heavy atom. The van der Waals surface area contributed by atoms with Crippen LogP contribution in [-0.2, 0) is 0 Å². The second-order valence-corrected chi connectivity index (χ2v) is 5.54. The molecule has 0 radical (unpaired) electrons. The van der Waals surface area contributed by atoms with Crippen LogP contribution in [0.15, 0.2) is 0 Å². The van der Waals surface area contributed by atoms with E-state index in [1.807, 2.05) is 0 Å². The van der Waals surface area contributed by atoms with Crippen molar-refractivity contribution in [1.29, 1.82) is 0 Å². The van der Waals surface area contributed by atoms with Gasteiger partial charge in [-0.15, -0.1) is 0 Å². The first-order valence-electron chi connectivity index (χ1n) is 6.18. The molecule has 84 valence electrons. The Hall–Kier alpha value is 0.310. The highest BCUT2D eigenvalue weighted by molar-refractivity contribution is 7.99. The fraction of sp³-hybridized carbons (Fsp3) is 1.00. The maximum Gasteiger partial charge on any atom is 0.0166 e. The zero-order valence-electron chi connectivity index (χ0n) is 9.72. The summed E-state index contributed by atoms with van der Waals surface area (Å²) in [6.45, 7) is 5.86. The molecule has 14 heavy (non-hydrogen) atoms. The Bertz CT molecular complexity index is 132. The van der Waals surface area contributed by atoms with E-state index in [1.165, 1.54) is 50.2 Å². The molecule has 1 nitrogen and oxygen atoms in total. The van der Waals surface area contributed by atoms with Crippen molar-refractivity contribution >= 4 is 11.8 Å². The third kappa shape index (κ3) is 4.70. The van der Waals surface area contributed by atoms with Gasteiger partial charge in [-0.25, -0.2) is 0 Å². The van der Waals surface area contributed by atoms with Crippen molar-refractivity contribution in [1.82, 2.24) is 5.32 Å². The molecule has 0 aromatic rings. The first-order chi connectivity index (χ1) is 6.86. The predicted octanol–water partition coefficient (Wildman–Crippen LogP) is 3.30. The normalized spacial score (nSPS) is 24.0. The van der Waals surface area contributed by atoms with Crippen molar-refractivity contribution in [2.24, 2.45) is 5.92 Å². The Morgan fingerprint density at radius 1 is 1.43 bits per heavy atom. The molecule has 1 aliphatic rings. The SMILES string of the molecule is CCCCC(CC)CNC1CCSC1. The van der Waals surface area contributed by atoms with E-state index in [0.717, 1.165) is 12.0 Å². The van der Waals surface area contributed by atoms with E-state index in [1.54, 1.807) is 0 Å². The monoisotopic (exact) mass is 215 g/mol. The summed E-state index contributed by atoms with van der Waals surface area (Å²) in [6.07, 6.45) is 6.89. The van der Waals surface area contributed by atoms with E-state index in [-0.39, 0.29) is 0 Å². The van der Waals surface area contributed by atoms with Crippen molar-refractivity contribution in [3.63, 3.8) is 0 Å². The third-order valence-electron chi connectivity index (χ3n) is 3.17. The van der Waals surface area contributed by atoms with Gasteiger partial charge in [0.1, 0.15) is 0 Å². The number of hydrogen-bond acceptors (Lipinski definition) is 2. The predicted molar refractivity (Wildman–Crippen MR) is 67.0 cm³/mol. The van der Waals surface area contributed by atoms with Gasteiger partial charge in [0.2, 0.25) is 0 Å². The number of hydrogen-bond donors (Lipinski definition) is 1. The van der Waals surface area contributed by atoms with Crippen molar-refractivity contribution in [2.45, 2.75) is 52.0 Å². The van der Waals surface area contributed by atoms with Gasteiger partial charge < -0.3 is 5.32 Å². The molecule has 0 aliphatic carbocycles. The van der Waals surface area contributed by atoms with E-state index in [2.05, 4.69) is 30.9 Å².